The Hall–Kier alpha value is -1.37. The average Bonchev–Trinajstić information content (AvgIpc) is 2.84. The fourth-order valence-electron chi connectivity index (χ4n) is 2.41. The second-order valence-electron chi connectivity index (χ2n) is 4.61. The fraction of sp³-hybridized carbons (Fsp3) is 0.500. The van der Waals surface area contributed by atoms with Crippen LogP contribution in [0.2, 0.25) is 0 Å². The Balaban J connectivity index is 1.84. The van der Waals surface area contributed by atoms with Crippen LogP contribution >= 0.6 is 0 Å². The summed E-state index contributed by atoms with van der Waals surface area (Å²) in [4.78, 5) is 0. The molecule has 0 saturated heterocycles. The molecule has 0 aromatic heterocycles. The molecule has 1 aromatic carbocycles. The van der Waals surface area contributed by atoms with Crippen LogP contribution in [0.5, 0.6) is 0 Å². The van der Waals surface area contributed by atoms with Gasteiger partial charge in [0.05, 0.1) is 18.1 Å². The average molecular weight is 230 g/mol. The number of aliphatic hydroxyl groups is 1. The molecule has 0 bridgehead atoms. The molecule has 3 nitrogen and oxygen atoms in total. The molecule has 3 unspecified atom stereocenters. The van der Waals surface area contributed by atoms with Gasteiger partial charge in [0, 0.05) is 12.6 Å². The number of hydrogen-bond donors (Lipinski definition) is 2. The lowest BCUT2D eigenvalue weighted by molar-refractivity contribution is 0.168. The van der Waals surface area contributed by atoms with Crippen LogP contribution in [0.1, 0.15) is 30.9 Å². The predicted octanol–water partition coefficient (Wildman–Crippen LogP) is 2.00. The van der Waals surface area contributed by atoms with Crippen LogP contribution < -0.4 is 5.32 Å². The Morgan fingerprint density at radius 2 is 2.12 bits per heavy atom. The third-order valence-electron chi connectivity index (χ3n) is 3.44. The first-order valence-corrected chi connectivity index (χ1v) is 6.17. The molecular weight excluding hydrogens is 212 g/mol. The van der Waals surface area contributed by atoms with Gasteiger partial charge in [-0.15, -0.1) is 0 Å². The molecule has 1 aromatic rings. The van der Waals surface area contributed by atoms with Gasteiger partial charge in [0.1, 0.15) is 0 Å². The van der Waals surface area contributed by atoms with Gasteiger partial charge in [0.2, 0.25) is 0 Å². The largest absolute Gasteiger partial charge is 0.387 e. The number of benzene rings is 1. The highest BCUT2D eigenvalue weighted by atomic mass is 16.3. The number of nitriles is 1. The van der Waals surface area contributed by atoms with Crippen molar-refractivity contribution in [1.29, 1.82) is 5.26 Å². The molecule has 0 radical (unpaired) electrons. The first-order valence-electron chi connectivity index (χ1n) is 6.17. The molecule has 0 aliphatic heterocycles. The molecule has 3 heteroatoms. The molecule has 17 heavy (non-hydrogen) atoms. The molecule has 0 heterocycles. The van der Waals surface area contributed by atoms with Crippen LogP contribution in [0.3, 0.4) is 0 Å². The molecule has 2 rings (SSSR count). The fourth-order valence-corrected chi connectivity index (χ4v) is 2.41. The van der Waals surface area contributed by atoms with E-state index in [1.54, 1.807) is 0 Å². The zero-order valence-electron chi connectivity index (χ0n) is 9.84. The van der Waals surface area contributed by atoms with Crippen molar-refractivity contribution in [1.82, 2.24) is 5.32 Å². The lowest BCUT2D eigenvalue weighted by Gasteiger charge is -2.18. The first-order chi connectivity index (χ1) is 8.31. The van der Waals surface area contributed by atoms with E-state index in [2.05, 4.69) is 11.4 Å². The number of aliphatic hydroxyl groups excluding tert-OH is 1. The normalized spacial score (nSPS) is 25.4. The van der Waals surface area contributed by atoms with Crippen molar-refractivity contribution in [3.05, 3.63) is 35.9 Å². The first kappa shape index (κ1) is 12.1. The molecule has 2 N–H and O–H groups in total. The van der Waals surface area contributed by atoms with E-state index in [9.17, 15) is 5.11 Å². The van der Waals surface area contributed by atoms with Crippen LogP contribution in [-0.2, 0) is 0 Å². The number of nitrogens with one attached hydrogen (secondary N) is 1. The zero-order valence-corrected chi connectivity index (χ0v) is 9.84. The molecule has 0 amide bonds. The summed E-state index contributed by atoms with van der Waals surface area (Å²) in [7, 11) is 0. The van der Waals surface area contributed by atoms with E-state index in [0.717, 1.165) is 24.8 Å². The molecule has 3 atom stereocenters. The van der Waals surface area contributed by atoms with E-state index in [0.29, 0.717) is 6.54 Å². The molecule has 1 saturated carbocycles. The number of hydrogen-bond acceptors (Lipinski definition) is 3. The molecule has 1 fully saturated rings. The molecular formula is C14H18N2O. The number of rotatable bonds is 4. The molecule has 90 valence electrons. The Kier molecular flexibility index (Phi) is 4.13. The van der Waals surface area contributed by atoms with Crippen molar-refractivity contribution in [2.24, 2.45) is 5.92 Å². The van der Waals surface area contributed by atoms with Gasteiger partial charge in [0.15, 0.2) is 0 Å². The van der Waals surface area contributed by atoms with Crippen LogP contribution in [0.25, 0.3) is 0 Å². The highest BCUT2D eigenvalue weighted by molar-refractivity contribution is 5.17. The maximum absolute atomic E-state index is 9.99. The summed E-state index contributed by atoms with van der Waals surface area (Å²) in [5, 5.41) is 22.3. The van der Waals surface area contributed by atoms with Crippen LogP contribution in [0.15, 0.2) is 30.3 Å². The maximum Gasteiger partial charge on any atom is 0.0914 e. The zero-order chi connectivity index (χ0) is 12.1. The van der Waals surface area contributed by atoms with Crippen molar-refractivity contribution in [3.8, 4) is 6.07 Å². The van der Waals surface area contributed by atoms with Gasteiger partial charge in [-0.05, 0) is 18.4 Å². The Bertz CT molecular complexity index is 385. The van der Waals surface area contributed by atoms with Crippen molar-refractivity contribution in [3.63, 3.8) is 0 Å². The SMILES string of the molecule is N#CC1CCCC1NCC(O)c1ccccc1. The second kappa shape index (κ2) is 5.81. The molecule has 0 spiro atoms. The highest BCUT2D eigenvalue weighted by Crippen LogP contribution is 2.25. The standard InChI is InChI=1S/C14H18N2O/c15-9-12-7-4-8-13(12)16-10-14(17)11-5-2-1-3-6-11/h1-3,5-6,12-14,16-17H,4,7-8,10H2. The minimum absolute atomic E-state index is 0.109. The van der Waals surface area contributed by atoms with Crippen LogP contribution in [0, 0.1) is 17.2 Å². The van der Waals surface area contributed by atoms with E-state index >= 15 is 0 Å². The quantitative estimate of drug-likeness (QED) is 0.831. The Labute approximate surface area is 102 Å². The van der Waals surface area contributed by atoms with Crippen LogP contribution in [-0.4, -0.2) is 17.7 Å². The Morgan fingerprint density at radius 1 is 1.35 bits per heavy atom. The predicted molar refractivity (Wildman–Crippen MR) is 66.1 cm³/mol. The summed E-state index contributed by atoms with van der Waals surface area (Å²) >= 11 is 0. The van der Waals surface area contributed by atoms with Gasteiger partial charge in [-0.2, -0.15) is 5.26 Å². The third kappa shape index (κ3) is 3.06. The van der Waals surface area contributed by atoms with E-state index < -0.39 is 6.10 Å². The molecule has 1 aliphatic carbocycles. The minimum Gasteiger partial charge on any atom is -0.387 e. The summed E-state index contributed by atoms with van der Waals surface area (Å²) < 4.78 is 0. The summed E-state index contributed by atoms with van der Waals surface area (Å²) in [6.07, 6.45) is 2.64. The van der Waals surface area contributed by atoms with Gasteiger partial charge in [0.25, 0.3) is 0 Å². The van der Waals surface area contributed by atoms with E-state index in [4.69, 9.17) is 5.26 Å². The molecule has 1 aliphatic rings. The smallest absolute Gasteiger partial charge is 0.0914 e. The summed E-state index contributed by atoms with van der Waals surface area (Å²) in [6, 6.07) is 12.2. The summed E-state index contributed by atoms with van der Waals surface area (Å²) in [5.41, 5.74) is 0.923. The minimum atomic E-state index is -0.490. The van der Waals surface area contributed by atoms with Gasteiger partial charge < -0.3 is 10.4 Å². The van der Waals surface area contributed by atoms with Gasteiger partial charge in [-0.25, -0.2) is 0 Å². The van der Waals surface area contributed by atoms with E-state index in [1.807, 2.05) is 30.3 Å². The van der Waals surface area contributed by atoms with Gasteiger partial charge in [-0.3, -0.25) is 0 Å². The van der Waals surface area contributed by atoms with E-state index in [-0.39, 0.29) is 12.0 Å². The maximum atomic E-state index is 9.99. The highest BCUT2D eigenvalue weighted by Gasteiger charge is 2.26. The summed E-state index contributed by atoms with van der Waals surface area (Å²) in [6.45, 7) is 0.521. The van der Waals surface area contributed by atoms with Gasteiger partial charge >= 0.3 is 0 Å². The number of nitrogens with zero attached hydrogens (tertiary/aromatic N) is 1. The third-order valence-corrected chi connectivity index (χ3v) is 3.44. The van der Waals surface area contributed by atoms with Gasteiger partial charge in [-0.1, -0.05) is 36.8 Å². The monoisotopic (exact) mass is 230 g/mol. The Morgan fingerprint density at radius 3 is 2.82 bits per heavy atom. The van der Waals surface area contributed by atoms with E-state index in [1.165, 1.54) is 0 Å². The van der Waals surface area contributed by atoms with Crippen LogP contribution in [0.4, 0.5) is 0 Å². The van der Waals surface area contributed by atoms with Crippen molar-refractivity contribution in [2.75, 3.05) is 6.54 Å². The lowest BCUT2D eigenvalue weighted by atomic mass is 10.0. The van der Waals surface area contributed by atoms with Crippen molar-refractivity contribution in [2.45, 2.75) is 31.4 Å². The topological polar surface area (TPSA) is 56.0 Å². The van der Waals surface area contributed by atoms with Crippen molar-refractivity contribution < 1.29 is 5.11 Å². The second-order valence-corrected chi connectivity index (χ2v) is 4.61. The summed E-state index contributed by atoms with van der Waals surface area (Å²) in [5.74, 6) is 0.109. The van der Waals surface area contributed by atoms with Crippen molar-refractivity contribution >= 4 is 0 Å². The lowest BCUT2D eigenvalue weighted by Crippen LogP contribution is -2.34.